The van der Waals surface area contributed by atoms with E-state index in [0.29, 0.717) is 45.4 Å². The van der Waals surface area contributed by atoms with E-state index >= 15 is 0 Å². The molecule has 0 atom stereocenters. The van der Waals surface area contributed by atoms with Gasteiger partial charge in [-0.05, 0) is 29.7 Å². The fraction of sp³-hybridized carbons (Fsp3) is 0.348. The molecule has 4 rings (SSSR count). The van der Waals surface area contributed by atoms with Gasteiger partial charge in [-0.25, -0.2) is 0 Å². The van der Waals surface area contributed by atoms with Gasteiger partial charge in [-0.3, -0.25) is 19.3 Å². The van der Waals surface area contributed by atoms with E-state index in [-0.39, 0.29) is 23.8 Å². The minimum absolute atomic E-state index is 0.0600. The second-order valence-electron chi connectivity index (χ2n) is 7.53. The van der Waals surface area contributed by atoms with Crippen LogP contribution in [0.5, 0.6) is 5.75 Å². The number of imide groups is 1. The quantitative estimate of drug-likeness (QED) is 0.680. The number of benzene rings is 2. The molecule has 2 aromatic rings. The third kappa shape index (κ3) is 4.47. The molecule has 0 spiro atoms. The molecule has 0 radical (unpaired) electrons. The summed E-state index contributed by atoms with van der Waals surface area (Å²) in [5.41, 5.74) is 2.19. The smallest absolute Gasteiger partial charge is 0.230 e. The van der Waals surface area contributed by atoms with Crippen molar-refractivity contribution < 1.29 is 19.1 Å². The van der Waals surface area contributed by atoms with Crippen molar-refractivity contribution in [2.24, 2.45) is 0 Å². The number of aryl methyl sites for hydroxylation is 1. The summed E-state index contributed by atoms with van der Waals surface area (Å²) in [6.07, 6.45) is 1.67. The highest BCUT2D eigenvalue weighted by molar-refractivity contribution is 6.02. The van der Waals surface area contributed by atoms with Gasteiger partial charge in [0.15, 0.2) is 0 Å². The van der Waals surface area contributed by atoms with Crippen molar-refractivity contribution in [2.45, 2.75) is 38.3 Å². The Morgan fingerprint density at radius 3 is 2.21 bits per heavy atom. The first-order valence-electron chi connectivity index (χ1n) is 9.98. The summed E-state index contributed by atoms with van der Waals surface area (Å²) in [6, 6.07) is 17.7. The molecule has 0 aromatic heterocycles. The van der Waals surface area contributed by atoms with E-state index in [0.717, 1.165) is 16.9 Å². The van der Waals surface area contributed by atoms with E-state index in [1.165, 1.54) is 4.90 Å². The Balaban J connectivity index is 1.20. The summed E-state index contributed by atoms with van der Waals surface area (Å²) in [4.78, 5) is 38.9. The Kier molecular flexibility index (Phi) is 5.60. The Morgan fingerprint density at radius 1 is 0.897 bits per heavy atom. The molecule has 2 fully saturated rings. The molecule has 29 heavy (non-hydrogen) atoms. The molecular formula is C23H24N2O4. The molecule has 2 aromatic carbocycles. The van der Waals surface area contributed by atoms with Gasteiger partial charge in [0.05, 0.1) is 6.04 Å². The predicted octanol–water partition coefficient (Wildman–Crippen LogP) is 2.56. The molecule has 0 bridgehead atoms. The van der Waals surface area contributed by atoms with Crippen molar-refractivity contribution in [3.05, 3.63) is 65.7 Å². The lowest BCUT2D eigenvalue weighted by atomic mass is 10.0. The lowest BCUT2D eigenvalue weighted by Gasteiger charge is -2.43. The Morgan fingerprint density at radius 2 is 1.55 bits per heavy atom. The first-order chi connectivity index (χ1) is 14.1. The molecule has 2 aliphatic rings. The van der Waals surface area contributed by atoms with Crippen LogP contribution in [0.4, 0.5) is 0 Å². The summed E-state index contributed by atoms with van der Waals surface area (Å²) in [5.74, 6) is 0.641. The second kappa shape index (κ2) is 8.47. The summed E-state index contributed by atoms with van der Waals surface area (Å²) >= 11 is 0. The first-order valence-corrected chi connectivity index (χ1v) is 9.98. The van der Waals surface area contributed by atoms with E-state index in [9.17, 15) is 14.4 Å². The molecule has 2 saturated heterocycles. The molecule has 0 N–H and O–H groups in total. The van der Waals surface area contributed by atoms with Crippen LogP contribution in [0.2, 0.25) is 0 Å². The highest BCUT2D eigenvalue weighted by Gasteiger charge is 2.42. The van der Waals surface area contributed by atoms with Crippen LogP contribution < -0.4 is 4.74 Å². The van der Waals surface area contributed by atoms with Crippen LogP contribution in [-0.4, -0.2) is 46.7 Å². The number of nitrogens with zero attached hydrogens (tertiary/aromatic N) is 2. The zero-order chi connectivity index (χ0) is 20.2. The SMILES string of the molecule is O=C(CCc1ccc(OCc2ccccc2)cc1)N1CC(N2C(=O)CCC2=O)C1. The van der Waals surface area contributed by atoms with Gasteiger partial charge in [0.25, 0.3) is 0 Å². The van der Waals surface area contributed by atoms with Crippen LogP contribution in [0.3, 0.4) is 0 Å². The van der Waals surface area contributed by atoms with Gasteiger partial charge in [0, 0.05) is 32.4 Å². The van der Waals surface area contributed by atoms with Crippen LogP contribution in [0, 0.1) is 0 Å². The number of amides is 3. The zero-order valence-electron chi connectivity index (χ0n) is 16.3. The molecule has 150 valence electrons. The van der Waals surface area contributed by atoms with E-state index < -0.39 is 0 Å². The van der Waals surface area contributed by atoms with Crippen molar-refractivity contribution in [1.29, 1.82) is 0 Å². The van der Waals surface area contributed by atoms with Gasteiger partial charge < -0.3 is 9.64 Å². The van der Waals surface area contributed by atoms with Crippen molar-refractivity contribution in [2.75, 3.05) is 13.1 Å². The van der Waals surface area contributed by atoms with E-state index in [1.807, 2.05) is 54.6 Å². The van der Waals surface area contributed by atoms with Gasteiger partial charge in [0.2, 0.25) is 17.7 Å². The summed E-state index contributed by atoms with van der Waals surface area (Å²) < 4.78 is 5.78. The van der Waals surface area contributed by atoms with Crippen LogP contribution in [-0.2, 0) is 27.4 Å². The highest BCUT2D eigenvalue weighted by Crippen LogP contribution is 2.23. The Bertz CT molecular complexity index is 873. The van der Waals surface area contributed by atoms with Crippen molar-refractivity contribution in [3.8, 4) is 5.75 Å². The minimum atomic E-state index is -0.137. The number of hydrogen-bond donors (Lipinski definition) is 0. The van der Waals surface area contributed by atoms with Gasteiger partial charge in [-0.2, -0.15) is 0 Å². The Labute approximate surface area is 170 Å². The molecule has 6 heteroatoms. The largest absolute Gasteiger partial charge is 0.489 e. The fourth-order valence-electron chi connectivity index (χ4n) is 3.73. The standard InChI is InChI=1S/C23H24N2O4/c26-21(24-14-19(15-24)25-22(27)12-13-23(25)28)11-8-17-6-9-20(10-7-17)29-16-18-4-2-1-3-5-18/h1-7,9-10,19H,8,11-16H2. The number of carbonyl (C=O) groups excluding carboxylic acids is 3. The first kappa shape index (κ1) is 19.2. The summed E-state index contributed by atoms with van der Waals surface area (Å²) in [7, 11) is 0. The second-order valence-corrected chi connectivity index (χ2v) is 7.53. The van der Waals surface area contributed by atoms with Crippen LogP contribution in [0.1, 0.15) is 30.4 Å². The average molecular weight is 392 g/mol. The number of ether oxygens (including phenoxy) is 1. The maximum absolute atomic E-state index is 12.4. The number of likely N-dealkylation sites (tertiary alicyclic amines) is 2. The zero-order valence-corrected chi connectivity index (χ0v) is 16.3. The lowest BCUT2D eigenvalue weighted by molar-refractivity contribution is -0.151. The van der Waals surface area contributed by atoms with E-state index in [4.69, 9.17) is 4.74 Å². The molecule has 6 nitrogen and oxygen atoms in total. The van der Waals surface area contributed by atoms with E-state index in [1.54, 1.807) is 4.90 Å². The summed E-state index contributed by atoms with van der Waals surface area (Å²) in [6.45, 7) is 1.45. The maximum atomic E-state index is 12.4. The maximum Gasteiger partial charge on any atom is 0.230 e. The van der Waals surface area contributed by atoms with Crippen molar-refractivity contribution in [1.82, 2.24) is 9.80 Å². The number of rotatable bonds is 7. The molecule has 2 heterocycles. The molecule has 3 amide bonds. The van der Waals surface area contributed by atoms with Gasteiger partial charge in [-0.1, -0.05) is 42.5 Å². The third-order valence-corrected chi connectivity index (χ3v) is 5.47. The molecule has 0 unspecified atom stereocenters. The van der Waals surface area contributed by atoms with Gasteiger partial charge >= 0.3 is 0 Å². The third-order valence-electron chi connectivity index (χ3n) is 5.47. The minimum Gasteiger partial charge on any atom is -0.489 e. The summed E-state index contributed by atoms with van der Waals surface area (Å²) in [5, 5.41) is 0. The highest BCUT2D eigenvalue weighted by atomic mass is 16.5. The molecule has 2 aliphatic heterocycles. The normalized spacial score (nSPS) is 16.8. The average Bonchev–Trinajstić information content (AvgIpc) is 3.04. The van der Waals surface area contributed by atoms with Gasteiger partial charge in [0.1, 0.15) is 12.4 Å². The monoisotopic (exact) mass is 392 g/mol. The van der Waals surface area contributed by atoms with E-state index in [2.05, 4.69) is 0 Å². The molecule has 0 aliphatic carbocycles. The lowest BCUT2D eigenvalue weighted by Crippen LogP contribution is -2.62. The van der Waals surface area contributed by atoms with Crippen LogP contribution in [0.25, 0.3) is 0 Å². The number of hydrogen-bond acceptors (Lipinski definition) is 4. The van der Waals surface area contributed by atoms with Gasteiger partial charge in [-0.15, -0.1) is 0 Å². The van der Waals surface area contributed by atoms with Crippen LogP contribution >= 0.6 is 0 Å². The van der Waals surface area contributed by atoms with Crippen molar-refractivity contribution >= 4 is 17.7 Å². The van der Waals surface area contributed by atoms with Crippen LogP contribution in [0.15, 0.2) is 54.6 Å². The molecular weight excluding hydrogens is 368 g/mol. The number of carbonyl (C=O) groups is 3. The van der Waals surface area contributed by atoms with Crippen molar-refractivity contribution in [3.63, 3.8) is 0 Å². The topological polar surface area (TPSA) is 66.9 Å². The predicted molar refractivity (Wildman–Crippen MR) is 107 cm³/mol. The molecule has 0 saturated carbocycles. The Hall–Kier alpha value is -3.15. The fourth-order valence-corrected chi connectivity index (χ4v) is 3.73.